The summed E-state index contributed by atoms with van der Waals surface area (Å²) in [5.74, 6) is 1.09. The number of amidine groups is 1. The topological polar surface area (TPSA) is 94.3 Å². The van der Waals surface area contributed by atoms with E-state index in [-0.39, 0.29) is 24.2 Å². The van der Waals surface area contributed by atoms with Crippen molar-refractivity contribution in [2.45, 2.75) is 82.9 Å². The van der Waals surface area contributed by atoms with Crippen LogP contribution in [0.4, 0.5) is 5.69 Å². The molecule has 10 heteroatoms. The number of nitrogens with zero attached hydrogens (tertiary/aromatic N) is 3. The number of carbonyl (C=O) groups excluding carboxylic acids is 1. The number of ether oxygens (including phenoxy) is 2. The summed E-state index contributed by atoms with van der Waals surface area (Å²) in [6.07, 6.45) is 13.4. The molecule has 5 rings (SSSR count). The highest BCUT2D eigenvalue weighted by Gasteiger charge is 2.39. The number of rotatable bonds is 8. The van der Waals surface area contributed by atoms with Crippen LogP contribution in [0.1, 0.15) is 75.3 Å². The van der Waals surface area contributed by atoms with Crippen LogP contribution in [-0.4, -0.2) is 40.1 Å². The molecule has 3 aliphatic rings. The molecule has 1 saturated heterocycles. The van der Waals surface area contributed by atoms with E-state index in [4.69, 9.17) is 14.5 Å². The fourth-order valence-electron chi connectivity index (χ4n) is 5.59. The Hall–Kier alpha value is -2.85. The molecule has 0 N–H and O–H groups in total. The van der Waals surface area contributed by atoms with Crippen molar-refractivity contribution in [1.82, 2.24) is 4.90 Å². The molecule has 0 atom stereocenters. The molecule has 2 aromatic carbocycles. The summed E-state index contributed by atoms with van der Waals surface area (Å²) >= 11 is 5.11. The van der Waals surface area contributed by atoms with Crippen molar-refractivity contribution in [1.29, 1.82) is 0 Å². The summed E-state index contributed by atoms with van der Waals surface area (Å²) in [4.78, 5) is 32.0. The van der Waals surface area contributed by atoms with E-state index in [1.165, 1.54) is 49.6 Å². The molecule has 0 unspecified atom stereocenters. The number of non-ortho nitro benzene ring substituents is 1. The standard InChI is InChI=1S/C30H34BrN3O5S/c1-38-26-17-21(16-25(31)28(26)39-19-20-12-14-24(15-13-20)34(36)37)18-27-29(35)33(23-10-6-3-7-11-23)30(40-27)32-22-8-4-2-5-9-22/h12-18,22-23H,2-11,19H2,1H3. The van der Waals surface area contributed by atoms with Gasteiger partial charge in [0.1, 0.15) is 6.61 Å². The zero-order valence-electron chi connectivity index (χ0n) is 22.6. The molecule has 1 aliphatic heterocycles. The lowest BCUT2D eigenvalue weighted by Gasteiger charge is -2.31. The number of amides is 1. The molecule has 1 amide bonds. The third kappa shape index (κ3) is 6.71. The van der Waals surface area contributed by atoms with Crippen LogP contribution in [0.5, 0.6) is 11.5 Å². The SMILES string of the molecule is COc1cc(C=C2SC(=NC3CCCCC3)N(C3CCCCC3)C2=O)cc(Br)c1OCc1ccc([N+](=O)[O-])cc1. The van der Waals surface area contributed by atoms with Gasteiger partial charge < -0.3 is 9.47 Å². The van der Waals surface area contributed by atoms with Crippen LogP contribution in [0.25, 0.3) is 6.08 Å². The van der Waals surface area contributed by atoms with Crippen LogP contribution >= 0.6 is 27.7 Å². The predicted molar refractivity (Wildman–Crippen MR) is 162 cm³/mol. The zero-order valence-corrected chi connectivity index (χ0v) is 25.0. The third-order valence-electron chi connectivity index (χ3n) is 7.72. The predicted octanol–water partition coefficient (Wildman–Crippen LogP) is 7.88. The van der Waals surface area contributed by atoms with Gasteiger partial charge in [-0.1, -0.05) is 38.5 Å². The minimum Gasteiger partial charge on any atom is -0.493 e. The van der Waals surface area contributed by atoms with Crippen molar-refractivity contribution in [3.63, 3.8) is 0 Å². The highest BCUT2D eigenvalue weighted by molar-refractivity contribution is 9.10. The van der Waals surface area contributed by atoms with E-state index in [1.807, 2.05) is 23.1 Å². The van der Waals surface area contributed by atoms with Crippen LogP contribution < -0.4 is 9.47 Å². The first-order valence-corrected chi connectivity index (χ1v) is 15.6. The molecule has 0 aromatic heterocycles. The van der Waals surface area contributed by atoms with Crippen molar-refractivity contribution in [2.75, 3.05) is 7.11 Å². The number of methoxy groups -OCH3 is 1. The minimum atomic E-state index is -0.427. The number of carbonyl (C=O) groups is 1. The highest BCUT2D eigenvalue weighted by Crippen LogP contribution is 2.41. The summed E-state index contributed by atoms with van der Waals surface area (Å²) < 4.78 is 12.4. The van der Waals surface area contributed by atoms with Crippen LogP contribution in [0.2, 0.25) is 0 Å². The Labute approximate surface area is 247 Å². The number of hydrogen-bond donors (Lipinski definition) is 0. The van der Waals surface area contributed by atoms with Gasteiger partial charge in [0.15, 0.2) is 16.7 Å². The Morgan fingerprint density at radius 2 is 1.75 bits per heavy atom. The van der Waals surface area contributed by atoms with Gasteiger partial charge in [-0.15, -0.1) is 0 Å². The molecule has 1 heterocycles. The Balaban J connectivity index is 1.37. The van der Waals surface area contributed by atoms with Gasteiger partial charge in [0, 0.05) is 18.2 Å². The molecule has 2 aromatic rings. The number of benzene rings is 2. The first-order valence-electron chi connectivity index (χ1n) is 14.0. The normalized spacial score (nSPS) is 20.9. The van der Waals surface area contributed by atoms with E-state index >= 15 is 0 Å². The lowest BCUT2D eigenvalue weighted by Crippen LogP contribution is -2.41. The van der Waals surface area contributed by atoms with Gasteiger partial charge in [0.05, 0.1) is 27.5 Å². The lowest BCUT2D eigenvalue weighted by atomic mass is 9.94. The second-order valence-electron chi connectivity index (χ2n) is 10.5. The van der Waals surface area contributed by atoms with Crippen LogP contribution in [0.3, 0.4) is 0 Å². The van der Waals surface area contributed by atoms with Gasteiger partial charge in [-0.25, -0.2) is 0 Å². The molecule has 0 bridgehead atoms. The summed E-state index contributed by atoms with van der Waals surface area (Å²) in [6.45, 7) is 0.221. The van der Waals surface area contributed by atoms with Crippen molar-refractivity contribution < 1.29 is 19.2 Å². The Morgan fingerprint density at radius 1 is 1.07 bits per heavy atom. The number of halogens is 1. The van der Waals surface area contributed by atoms with E-state index in [2.05, 4.69) is 15.9 Å². The van der Waals surface area contributed by atoms with Gasteiger partial charge in [-0.05, 0) is 94.8 Å². The Morgan fingerprint density at radius 3 is 2.40 bits per heavy atom. The van der Waals surface area contributed by atoms with Gasteiger partial charge in [0.25, 0.3) is 11.6 Å². The maximum atomic E-state index is 13.7. The van der Waals surface area contributed by atoms with Crippen LogP contribution in [0, 0.1) is 10.1 Å². The summed E-state index contributed by atoms with van der Waals surface area (Å²) in [5.41, 5.74) is 1.66. The van der Waals surface area contributed by atoms with E-state index in [0.29, 0.717) is 26.9 Å². The quantitative estimate of drug-likeness (QED) is 0.168. The van der Waals surface area contributed by atoms with Gasteiger partial charge in [-0.3, -0.25) is 24.8 Å². The fraction of sp³-hybridized carbons (Fsp3) is 0.467. The fourth-order valence-corrected chi connectivity index (χ4v) is 7.27. The second kappa shape index (κ2) is 13.2. The van der Waals surface area contributed by atoms with Gasteiger partial charge in [0.2, 0.25) is 0 Å². The molecule has 0 spiro atoms. The summed E-state index contributed by atoms with van der Waals surface area (Å²) in [7, 11) is 1.58. The maximum Gasteiger partial charge on any atom is 0.269 e. The van der Waals surface area contributed by atoms with Crippen LogP contribution in [-0.2, 0) is 11.4 Å². The number of nitro benzene ring substituents is 1. The first-order chi connectivity index (χ1) is 19.4. The van der Waals surface area contributed by atoms with E-state index in [0.717, 1.165) is 54.8 Å². The molecule has 40 heavy (non-hydrogen) atoms. The maximum absolute atomic E-state index is 13.7. The summed E-state index contributed by atoms with van der Waals surface area (Å²) in [5, 5.41) is 11.8. The van der Waals surface area contributed by atoms with Gasteiger partial charge >= 0.3 is 0 Å². The number of aliphatic imine (C=N–C) groups is 1. The largest absolute Gasteiger partial charge is 0.493 e. The minimum absolute atomic E-state index is 0.0354. The second-order valence-corrected chi connectivity index (χ2v) is 12.4. The Bertz CT molecular complexity index is 1300. The molecular weight excluding hydrogens is 594 g/mol. The summed E-state index contributed by atoms with van der Waals surface area (Å²) in [6, 6.07) is 10.6. The molecule has 0 radical (unpaired) electrons. The molecule has 8 nitrogen and oxygen atoms in total. The van der Waals surface area contributed by atoms with Gasteiger partial charge in [-0.2, -0.15) is 0 Å². The lowest BCUT2D eigenvalue weighted by molar-refractivity contribution is -0.384. The van der Waals surface area contributed by atoms with Crippen molar-refractivity contribution >= 4 is 50.5 Å². The Kier molecular flexibility index (Phi) is 9.47. The molecular formula is C30H34BrN3O5S. The van der Waals surface area contributed by atoms with Crippen molar-refractivity contribution in [2.24, 2.45) is 4.99 Å². The van der Waals surface area contributed by atoms with E-state index in [1.54, 1.807) is 19.2 Å². The van der Waals surface area contributed by atoms with Crippen molar-refractivity contribution in [3.05, 3.63) is 67.0 Å². The first kappa shape index (κ1) is 28.7. The van der Waals surface area contributed by atoms with E-state index < -0.39 is 4.92 Å². The van der Waals surface area contributed by atoms with Crippen molar-refractivity contribution in [3.8, 4) is 11.5 Å². The number of hydrogen-bond acceptors (Lipinski definition) is 7. The van der Waals surface area contributed by atoms with Crippen LogP contribution in [0.15, 0.2) is 50.8 Å². The molecule has 2 saturated carbocycles. The molecule has 2 aliphatic carbocycles. The average molecular weight is 629 g/mol. The third-order valence-corrected chi connectivity index (χ3v) is 9.31. The smallest absolute Gasteiger partial charge is 0.269 e. The number of thioether (sulfide) groups is 1. The monoisotopic (exact) mass is 627 g/mol. The molecule has 3 fully saturated rings. The average Bonchev–Trinajstić information content (AvgIpc) is 3.27. The number of nitro groups is 1. The highest BCUT2D eigenvalue weighted by atomic mass is 79.9. The van der Waals surface area contributed by atoms with E-state index in [9.17, 15) is 14.9 Å². The molecule has 212 valence electrons. The zero-order chi connectivity index (χ0) is 28.1.